The molecule has 2 rings (SSSR count). The molecule has 110 valence electrons. The summed E-state index contributed by atoms with van der Waals surface area (Å²) in [4.78, 5) is 11.8. The lowest BCUT2D eigenvalue weighted by Gasteiger charge is -2.23. The fourth-order valence-corrected chi connectivity index (χ4v) is 2.29. The molecule has 1 aromatic carbocycles. The molecule has 1 amide bonds. The van der Waals surface area contributed by atoms with E-state index in [0.29, 0.717) is 12.5 Å². The molecule has 1 saturated heterocycles. The van der Waals surface area contributed by atoms with Crippen molar-refractivity contribution in [2.75, 3.05) is 25.1 Å². The normalized spacial score (nSPS) is 16.1. The first-order valence-corrected chi connectivity index (χ1v) is 7.36. The van der Waals surface area contributed by atoms with E-state index in [4.69, 9.17) is 4.74 Å². The van der Waals surface area contributed by atoms with Gasteiger partial charge in [0.2, 0.25) is 5.91 Å². The lowest BCUT2D eigenvalue weighted by atomic mass is 10.0. The highest BCUT2D eigenvalue weighted by Crippen LogP contribution is 2.16. The number of carbonyl (C=O) groups excluding carboxylic acids is 1. The predicted molar refractivity (Wildman–Crippen MR) is 81.0 cm³/mol. The minimum Gasteiger partial charge on any atom is -0.381 e. The minimum absolute atomic E-state index is 0.0461. The average molecular weight is 276 g/mol. The number of anilines is 1. The number of hydrogen-bond donors (Lipinski definition) is 2. The van der Waals surface area contributed by atoms with Crippen molar-refractivity contribution in [3.63, 3.8) is 0 Å². The molecule has 4 heteroatoms. The molecule has 1 aromatic rings. The lowest BCUT2D eigenvalue weighted by molar-refractivity contribution is -0.120. The van der Waals surface area contributed by atoms with E-state index in [2.05, 4.69) is 36.6 Å². The molecule has 1 aliphatic heterocycles. The summed E-state index contributed by atoms with van der Waals surface area (Å²) >= 11 is 0. The molecular weight excluding hydrogens is 252 g/mol. The van der Waals surface area contributed by atoms with Crippen LogP contribution in [0.5, 0.6) is 0 Å². The number of amides is 1. The van der Waals surface area contributed by atoms with Crippen molar-refractivity contribution < 1.29 is 9.53 Å². The second kappa shape index (κ2) is 7.29. The fraction of sp³-hybridized carbons (Fsp3) is 0.562. The van der Waals surface area contributed by atoms with E-state index in [9.17, 15) is 4.79 Å². The maximum Gasteiger partial charge on any atom is 0.239 e. The Morgan fingerprint density at radius 2 is 1.90 bits per heavy atom. The van der Waals surface area contributed by atoms with Gasteiger partial charge in [-0.25, -0.2) is 0 Å². The molecule has 2 N–H and O–H groups in total. The van der Waals surface area contributed by atoms with Crippen LogP contribution in [0.2, 0.25) is 0 Å². The van der Waals surface area contributed by atoms with Gasteiger partial charge in [-0.3, -0.25) is 4.79 Å². The van der Waals surface area contributed by atoms with E-state index in [1.807, 2.05) is 12.1 Å². The number of nitrogens with one attached hydrogen (secondary N) is 2. The summed E-state index contributed by atoms with van der Waals surface area (Å²) in [7, 11) is 0. The summed E-state index contributed by atoms with van der Waals surface area (Å²) in [6.45, 7) is 6.15. The third-order valence-electron chi connectivity index (χ3n) is 3.62. The van der Waals surface area contributed by atoms with Crippen molar-refractivity contribution >= 4 is 11.6 Å². The van der Waals surface area contributed by atoms with Crippen LogP contribution in [-0.4, -0.2) is 31.7 Å². The Labute approximate surface area is 120 Å². The van der Waals surface area contributed by atoms with E-state index in [1.165, 1.54) is 5.56 Å². The number of hydrogen-bond acceptors (Lipinski definition) is 3. The summed E-state index contributed by atoms with van der Waals surface area (Å²) in [5.74, 6) is 0.575. The monoisotopic (exact) mass is 276 g/mol. The van der Waals surface area contributed by atoms with E-state index in [0.717, 1.165) is 31.7 Å². The Balaban J connectivity index is 1.74. The number of benzene rings is 1. The first kappa shape index (κ1) is 14.9. The molecular formula is C16H24N2O2. The van der Waals surface area contributed by atoms with Crippen LogP contribution in [0.4, 0.5) is 5.69 Å². The zero-order chi connectivity index (χ0) is 14.4. The second-order valence-electron chi connectivity index (χ2n) is 5.58. The van der Waals surface area contributed by atoms with E-state index < -0.39 is 0 Å². The molecule has 0 atom stereocenters. The highest BCUT2D eigenvalue weighted by atomic mass is 16.5. The third kappa shape index (κ3) is 4.53. The minimum atomic E-state index is 0.0461. The van der Waals surface area contributed by atoms with Crippen LogP contribution in [-0.2, 0) is 9.53 Å². The van der Waals surface area contributed by atoms with Crippen LogP contribution in [0.15, 0.2) is 24.3 Å². The summed E-state index contributed by atoms with van der Waals surface area (Å²) in [5, 5.41) is 6.19. The van der Waals surface area contributed by atoms with Crippen LogP contribution in [0.1, 0.15) is 38.2 Å². The predicted octanol–water partition coefficient (Wildman–Crippen LogP) is 2.52. The van der Waals surface area contributed by atoms with Gasteiger partial charge in [0.1, 0.15) is 0 Å². The van der Waals surface area contributed by atoms with Crippen molar-refractivity contribution in [2.24, 2.45) is 0 Å². The Morgan fingerprint density at radius 1 is 1.25 bits per heavy atom. The van der Waals surface area contributed by atoms with Gasteiger partial charge in [0.15, 0.2) is 0 Å². The molecule has 0 spiro atoms. The zero-order valence-electron chi connectivity index (χ0n) is 12.3. The fourth-order valence-electron chi connectivity index (χ4n) is 2.29. The molecule has 0 saturated carbocycles. The second-order valence-corrected chi connectivity index (χ2v) is 5.58. The molecule has 0 radical (unpaired) electrons. The van der Waals surface area contributed by atoms with Gasteiger partial charge < -0.3 is 15.4 Å². The largest absolute Gasteiger partial charge is 0.381 e. The first-order chi connectivity index (χ1) is 9.65. The zero-order valence-corrected chi connectivity index (χ0v) is 12.3. The standard InChI is InChI=1S/C16H24N2O2/c1-12(2)13-3-5-14(6-4-13)17-11-16(19)18-15-7-9-20-10-8-15/h3-6,12,15,17H,7-11H2,1-2H3,(H,18,19). The van der Waals surface area contributed by atoms with E-state index in [1.54, 1.807) is 0 Å². The smallest absolute Gasteiger partial charge is 0.239 e. The topological polar surface area (TPSA) is 50.4 Å². The summed E-state index contributed by atoms with van der Waals surface area (Å²) in [6.07, 6.45) is 1.82. The summed E-state index contributed by atoms with van der Waals surface area (Å²) in [5.41, 5.74) is 2.29. The third-order valence-corrected chi connectivity index (χ3v) is 3.62. The maximum atomic E-state index is 11.8. The van der Waals surface area contributed by atoms with Crippen LogP contribution >= 0.6 is 0 Å². The number of carbonyl (C=O) groups is 1. The molecule has 4 nitrogen and oxygen atoms in total. The van der Waals surface area contributed by atoms with Crippen molar-refractivity contribution in [1.29, 1.82) is 0 Å². The Morgan fingerprint density at radius 3 is 2.50 bits per heavy atom. The van der Waals surface area contributed by atoms with Gasteiger partial charge in [-0.1, -0.05) is 26.0 Å². The number of rotatable bonds is 5. The molecule has 0 bridgehead atoms. The highest BCUT2D eigenvalue weighted by molar-refractivity contribution is 5.80. The molecule has 0 unspecified atom stereocenters. The van der Waals surface area contributed by atoms with Gasteiger partial charge in [0, 0.05) is 24.9 Å². The van der Waals surface area contributed by atoms with Gasteiger partial charge in [-0.05, 0) is 36.5 Å². The van der Waals surface area contributed by atoms with Crippen LogP contribution in [0, 0.1) is 0 Å². The first-order valence-electron chi connectivity index (χ1n) is 7.36. The quantitative estimate of drug-likeness (QED) is 0.869. The van der Waals surface area contributed by atoms with E-state index >= 15 is 0 Å². The molecule has 0 aliphatic carbocycles. The van der Waals surface area contributed by atoms with Crippen molar-refractivity contribution in [2.45, 2.75) is 38.6 Å². The van der Waals surface area contributed by atoms with Gasteiger partial charge in [0.05, 0.1) is 6.54 Å². The van der Waals surface area contributed by atoms with Crippen molar-refractivity contribution in [1.82, 2.24) is 5.32 Å². The molecule has 1 fully saturated rings. The van der Waals surface area contributed by atoms with Gasteiger partial charge in [-0.15, -0.1) is 0 Å². The molecule has 1 heterocycles. The summed E-state index contributed by atoms with van der Waals surface area (Å²) < 4.78 is 5.27. The van der Waals surface area contributed by atoms with Crippen LogP contribution in [0.3, 0.4) is 0 Å². The van der Waals surface area contributed by atoms with Crippen molar-refractivity contribution in [3.05, 3.63) is 29.8 Å². The Hall–Kier alpha value is -1.55. The Bertz CT molecular complexity index is 423. The lowest BCUT2D eigenvalue weighted by Crippen LogP contribution is -2.41. The molecule has 20 heavy (non-hydrogen) atoms. The summed E-state index contributed by atoms with van der Waals surface area (Å²) in [6, 6.07) is 8.52. The van der Waals surface area contributed by atoms with Gasteiger partial charge in [0.25, 0.3) is 0 Å². The average Bonchev–Trinajstić information content (AvgIpc) is 2.46. The molecule has 1 aliphatic rings. The van der Waals surface area contributed by atoms with E-state index in [-0.39, 0.29) is 11.9 Å². The van der Waals surface area contributed by atoms with Crippen LogP contribution < -0.4 is 10.6 Å². The van der Waals surface area contributed by atoms with Crippen LogP contribution in [0.25, 0.3) is 0 Å². The SMILES string of the molecule is CC(C)c1ccc(NCC(=O)NC2CCOCC2)cc1. The molecule has 0 aromatic heterocycles. The number of ether oxygens (including phenoxy) is 1. The van der Waals surface area contributed by atoms with Crippen molar-refractivity contribution in [3.8, 4) is 0 Å². The maximum absolute atomic E-state index is 11.8. The van der Waals surface area contributed by atoms with Gasteiger partial charge in [-0.2, -0.15) is 0 Å². The van der Waals surface area contributed by atoms with Gasteiger partial charge >= 0.3 is 0 Å². The Kier molecular flexibility index (Phi) is 5.41. The highest BCUT2D eigenvalue weighted by Gasteiger charge is 2.15.